The quantitative estimate of drug-likeness (QED) is 0.789. The zero-order chi connectivity index (χ0) is 11.4. The summed E-state index contributed by atoms with van der Waals surface area (Å²) in [5, 5.41) is 9.60. The molecule has 2 rings (SSSR count). The molecule has 0 radical (unpaired) electrons. The van der Waals surface area contributed by atoms with Crippen molar-refractivity contribution in [2.24, 2.45) is 0 Å². The van der Waals surface area contributed by atoms with Gasteiger partial charge in [0.2, 0.25) is 0 Å². The van der Waals surface area contributed by atoms with Crippen molar-refractivity contribution in [1.82, 2.24) is 0 Å². The molecule has 0 bridgehead atoms. The fourth-order valence-corrected chi connectivity index (χ4v) is 2.69. The largest absolute Gasteiger partial charge is 0.387 e. The van der Waals surface area contributed by atoms with E-state index in [9.17, 15) is 5.11 Å². The van der Waals surface area contributed by atoms with Crippen molar-refractivity contribution in [3.8, 4) is 0 Å². The highest BCUT2D eigenvalue weighted by Crippen LogP contribution is 2.32. The lowest BCUT2D eigenvalue weighted by molar-refractivity contribution is 0.202. The van der Waals surface area contributed by atoms with Gasteiger partial charge >= 0.3 is 0 Å². The molecule has 1 nitrogen and oxygen atoms in total. The van der Waals surface area contributed by atoms with Crippen LogP contribution in [-0.4, -0.2) is 11.0 Å². The van der Waals surface area contributed by atoms with Gasteiger partial charge in [0.1, 0.15) is 0 Å². The number of aliphatic hydroxyl groups excluding tert-OH is 1. The summed E-state index contributed by atoms with van der Waals surface area (Å²) in [5.41, 5.74) is 2.35. The molecule has 1 N–H and O–H groups in total. The van der Waals surface area contributed by atoms with Gasteiger partial charge in [0.15, 0.2) is 0 Å². The highest BCUT2D eigenvalue weighted by atomic mass is 35.5. The highest BCUT2D eigenvalue weighted by molar-refractivity contribution is 6.18. The van der Waals surface area contributed by atoms with E-state index < -0.39 is 6.10 Å². The van der Waals surface area contributed by atoms with Crippen LogP contribution in [0.25, 0.3) is 0 Å². The van der Waals surface area contributed by atoms with Crippen LogP contribution in [0.5, 0.6) is 0 Å². The monoisotopic (exact) mass is 238 g/mol. The number of aliphatic hydroxyl groups is 1. The van der Waals surface area contributed by atoms with E-state index in [1.54, 1.807) is 0 Å². The fraction of sp³-hybridized carbons (Fsp3) is 0.571. The molecule has 0 aliphatic heterocycles. The van der Waals surface area contributed by atoms with Crippen LogP contribution >= 0.6 is 11.6 Å². The molecule has 1 fully saturated rings. The van der Waals surface area contributed by atoms with E-state index in [4.69, 9.17) is 11.6 Å². The zero-order valence-electron chi connectivity index (χ0n) is 9.53. The van der Waals surface area contributed by atoms with E-state index >= 15 is 0 Å². The van der Waals surface area contributed by atoms with Gasteiger partial charge in [-0.15, -0.1) is 11.6 Å². The van der Waals surface area contributed by atoms with Crippen LogP contribution in [0.4, 0.5) is 0 Å². The third-order valence-corrected chi connectivity index (χ3v) is 3.84. The number of benzene rings is 1. The van der Waals surface area contributed by atoms with Gasteiger partial charge in [0.05, 0.1) is 12.0 Å². The van der Waals surface area contributed by atoms with Gasteiger partial charge in [-0.3, -0.25) is 0 Å². The minimum atomic E-state index is -0.526. The topological polar surface area (TPSA) is 20.2 Å². The van der Waals surface area contributed by atoms with Crippen molar-refractivity contribution in [1.29, 1.82) is 0 Å². The molecule has 0 spiro atoms. The lowest BCUT2D eigenvalue weighted by Gasteiger charge is -2.22. The second-order valence-electron chi connectivity index (χ2n) is 4.67. The Morgan fingerprint density at radius 1 is 1.12 bits per heavy atom. The Hall–Kier alpha value is -0.530. The first kappa shape index (κ1) is 11.9. The van der Waals surface area contributed by atoms with Gasteiger partial charge < -0.3 is 5.11 Å². The molecule has 1 aromatic rings. The summed E-state index contributed by atoms with van der Waals surface area (Å²) in [4.78, 5) is 0. The first-order valence-corrected chi connectivity index (χ1v) is 6.68. The minimum absolute atomic E-state index is 0.267. The SMILES string of the molecule is O[C@@H](CCl)c1ccc(C2CCCCC2)cc1. The Morgan fingerprint density at radius 3 is 2.31 bits per heavy atom. The van der Waals surface area contributed by atoms with Crippen molar-refractivity contribution < 1.29 is 5.11 Å². The molecule has 2 heteroatoms. The molecular formula is C14H19ClO. The normalized spacial score (nSPS) is 19.6. The molecule has 1 saturated carbocycles. The molecule has 16 heavy (non-hydrogen) atoms. The summed E-state index contributed by atoms with van der Waals surface area (Å²) < 4.78 is 0. The van der Waals surface area contributed by atoms with Gasteiger partial charge in [0, 0.05) is 0 Å². The standard InChI is InChI=1S/C14H19ClO/c15-10-14(16)13-8-6-12(7-9-13)11-4-2-1-3-5-11/h6-9,11,14,16H,1-5,10H2/t14-/m0/s1. The molecule has 88 valence electrons. The Balaban J connectivity index is 2.06. The van der Waals surface area contributed by atoms with Crippen LogP contribution in [0.3, 0.4) is 0 Å². The first-order chi connectivity index (χ1) is 7.81. The smallest absolute Gasteiger partial charge is 0.0925 e. The molecule has 0 amide bonds. The van der Waals surface area contributed by atoms with E-state index in [2.05, 4.69) is 12.1 Å². The zero-order valence-corrected chi connectivity index (χ0v) is 10.3. The van der Waals surface area contributed by atoms with E-state index in [0.29, 0.717) is 0 Å². The molecular weight excluding hydrogens is 220 g/mol. The predicted molar refractivity (Wildman–Crippen MR) is 67.9 cm³/mol. The molecule has 0 saturated heterocycles. The van der Waals surface area contributed by atoms with E-state index in [-0.39, 0.29) is 5.88 Å². The molecule has 0 heterocycles. The van der Waals surface area contributed by atoms with E-state index in [1.807, 2.05) is 12.1 Å². The van der Waals surface area contributed by atoms with Crippen LogP contribution in [0.2, 0.25) is 0 Å². The molecule has 0 unspecified atom stereocenters. The summed E-state index contributed by atoms with van der Waals surface area (Å²) in [6, 6.07) is 8.33. The Labute approximate surface area is 102 Å². The maximum Gasteiger partial charge on any atom is 0.0925 e. The third kappa shape index (κ3) is 2.78. The second kappa shape index (κ2) is 5.70. The van der Waals surface area contributed by atoms with Crippen molar-refractivity contribution in [2.75, 3.05) is 5.88 Å². The maximum absolute atomic E-state index is 9.60. The number of hydrogen-bond donors (Lipinski definition) is 1. The lowest BCUT2D eigenvalue weighted by atomic mass is 9.84. The molecule has 1 aromatic carbocycles. The highest BCUT2D eigenvalue weighted by Gasteiger charge is 2.15. The maximum atomic E-state index is 9.60. The number of halogens is 1. The summed E-state index contributed by atoms with van der Waals surface area (Å²) in [5.74, 6) is 0.999. The first-order valence-electron chi connectivity index (χ1n) is 6.15. The summed E-state index contributed by atoms with van der Waals surface area (Å²) in [6.45, 7) is 0. The van der Waals surface area contributed by atoms with Gasteiger partial charge in [0.25, 0.3) is 0 Å². The fourth-order valence-electron chi connectivity index (χ4n) is 2.52. The van der Waals surface area contributed by atoms with Crippen LogP contribution in [-0.2, 0) is 0 Å². The Morgan fingerprint density at radius 2 is 1.75 bits per heavy atom. The van der Waals surface area contributed by atoms with Crippen LogP contribution < -0.4 is 0 Å². The molecule has 1 atom stereocenters. The van der Waals surface area contributed by atoms with Crippen molar-refractivity contribution in [3.05, 3.63) is 35.4 Å². The average Bonchev–Trinajstić information content (AvgIpc) is 2.39. The van der Waals surface area contributed by atoms with Crippen molar-refractivity contribution in [3.63, 3.8) is 0 Å². The molecule has 1 aliphatic rings. The lowest BCUT2D eigenvalue weighted by Crippen LogP contribution is -2.05. The number of rotatable bonds is 3. The summed E-state index contributed by atoms with van der Waals surface area (Å²) >= 11 is 5.62. The van der Waals surface area contributed by atoms with Gasteiger partial charge in [-0.25, -0.2) is 0 Å². The summed E-state index contributed by atoms with van der Waals surface area (Å²) in [7, 11) is 0. The molecule has 0 aromatic heterocycles. The Kier molecular flexibility index (Phi) is 4.25. The Bertz CT molecular complexity index is 314. The van der Waals surface area contributed by atoms with Crippen LogP contribution in [0.1, 0.15) is 55.3 Å². The van der Waals surface area contributed by atoms with Crippen molar-refractivity contribution in [2.45, 2.75) is 44.1 Å². The van der Waals surface area contributed by atoms with Crippen LogP contribution in [0.15, 0.2) is 24.3 Å². The minimum Gasteiger partial charge on any atom is -0.387 e. The number of alkyl halides is 1. The van der Waals surface area contributed by atoms with Gasteiger partial charge in [-0.1, -0.05) is 43.5 Å². The van der Waals surface area contributed by atoms with Crippen LogP contribution in [0, 0.1) is 0 Å². The van der Waals surface area contributed by atoms with E-state index in [0.717, 1.165) is 11.5 Å². The summed E-state index contributed by atoms with van der Waals surface area (Å²) in [6.07, 6.45) is 6.21. The number of hydrogen-bond acceptors (Lipinski definition) is 1. The predicted octanol–water partition coefficient (Wildman–Crippen LogP) is 4.01. The third-order valence-electron chi connectivity index (χ3n) is 3.54. The van der Waals surface area contributed by atoms with Gasteiger partial charge in [-0.2, -0.15) is 0 Å². The average molecular weight is 239 g/mol. The van der Waals surface area contributed by atoms with Gasteiger partial charge in [-0.05, 0) is 29.9 Å². The second-order valence-corrected chi connectivity index (χ2v) is 4.98. The van der Waals surface area contributed by atoms with E-state index in [1.165, 1.54) is 37.7 Å². The molecule has 1 aliphatic carbocycles. The van der Waals surface area contributed by atoms with Crippen molar-refractivity contribution >= 4 is 11.6 Å².